The highest BCUT2D eigenvalue weighted by Gasteiger charge is 2.72. The van der Waals surface area contributed by atoms with Gasteiger partial charge in [-0.15, -0.1) is 0 Å². The Morgan fingerprint density at radius 3 is 2.28 bits per heavy atom. The smallest absolute Gasteiger partial charge is 0.408 e. The van der Waals surface area contributed by atoms with Gasteiger partial charge in [0.25, 0.3) is 0 Å². The quantitative estimate of drug-likeness (QED) is 0.627. The van der Waals surface area contributed by atoms with Crippen molar-refractivity contribution in [2.75, 3.05) is 0 Å². The van der Waals surface area contributed by atoms with Gasteiger partial charge in [0.1, 0.15) is 12.6 Å². The van der Waals surface area contributed by atoms with Crippen LogP contribution in [0.4, 0.5) is 9.18 Å². The van der Waals surface area contributed by atoms with E-state index >= 15 is 0 Å². The summed E-state index contributed by atoms with van der Waals surface area (Å²) < 4.78 is 18.8. The van der Waals surface area contributed by atoms with E-state index in [2.05, 4.69) is 5.32 Å². The molecule has 3 aliphatic carbocycles. The van der Waals surface area contributed by atoms with Crippen molar-refractivity contribution in [2.45, 2.75) is 37.3 Å². The van der Waals surface area contributed by atoms with Crippen molar-refractivity contribution < 1.29 is 23.8 Å². The highest BCUT2D eigenvalue weighted by atomic mass is 35.5. The van der Waals surface area contributed by atoms with E-state index in [1.165, 1.54) is 0 Å². The highest BCUT2D eigenvalue weighted by Crippen LogP contribution is 2.75. The predicted octanol–water partition coefficient (Wildman–Crippen LogP) is 4.93. The number of nitrogens with one attached hydrogen (secondary N) is 1. The maximum atomic E-state index is 13.7. The minimum atomic E-state index is -1.11. The SMILES string of the molecule is O=C(NC(C(=O)O)C12CC(c3cc(Cl)c(F)c(Cl)c3)(C1)C2)OCc1ccccc1. The molecule has 2 N–H and O–H groups in total. The zero-order valence-corrected chi connectivity index (χ0v) is 16.8. The number of carbonyl (C=O) groups excluding carboxylic acids is 1. The van der Waals surface area contributed by atoms with Crippen LogP contribution in [-0.2, 0) is 21.6 Å². The number of rotatable bonds is 6. The third-order valence-electron chi connectivity index (χ3n) is 6.00. The lowest BCUT2D eigenvalue weighted by Crippen LogP contribution is -2.73. The zero-order valence-electron chi connectivity index (χ0n) is 15.3. The molecule has 2 bridgehead atoms. The minimum Gasteiger partial charge on any atom is -0.480 e. The standard InChI is InChI=1S/C21H18Cl2FNO4/c22-14-6-13(7-15(23)16(14)24)20-9-21(10-20,11-20)17(18(26)27)25-19(28)29-8-12-4-2-1-3-5-12/h1-7,17H,8-11H2,(H,25,28)(H,26,27). The molecule has 1 atom stereocenters. The molecule has 3 aliphatic rings. The molecule has 0 heterocycles. The zero-order chi connectivity index (χ0) is 20.8. The number of hydrogen-bond acceptors (Lipinski definition) is 3. The van der Waals surface area contributed by atoms with Crippen LogP contribution in [0.3, 0.4) is 0 Å². The van der Waals surface area contributed by atoms with Gasteiger partial charge in [-0.05, 0) is 47.9 Å². The molecule has 29 heavy (non-hydrogen) atoms. The van der Waals surface area contributed by atoms with Gasteiger partial charge in [-0.2, -0.15) is 0 Å². The Hall–Kier alpha value is -2.31. The van der Waals surface area contributed by atoms with E-state index in [1.807, 2.05) is 30.3 Å². The Labute approximate surface area is 176 Å². The fourth-order valence-corrected chi connectivity index (χ4v) is 5.19. The van der Waals surface area contributed by atoms with Gasteiger partial charge in [-0.3, -0.25) is 0 Å². The highest BCUT2D eigenvalue weighted by molar-refractivity contribution is 6.35. The Morgan fingerprint density at radius 1 is 1.14 bits per heavy atom. The van der Waals surface area contributed by atoms with E-state index in [9.17, 15) is 19.1 Å². The average molecular weight is 438 g/mol. The molecule has 2 aromatic rings. The summed E-state index contributed by atoms with van der Waals surface area (Å²) in [6.07, 6.45) is 0.879. The lowest BCUT2D eigenvalue weighted by atomic mass is 9.31. The van der Waals surface area contributed by atoms with E-state index in [4.69, 9.17) is 27.9 Å². The first kappa shape index (κ1) is 20.0. The normalized spacial score (nSPS) is 25.3. The van der Waals surface area contributed by atoms with Gasteiger partial charge in [-0.1, -0.05) is 53.5 Å². The van der Waals surface area contributed by atoms with Crippen LogP contribution >= 0.6 is 23.2 Å². The predicted molar refractivity (Wildman–Crippen MR) is 106 cm³/mol. The monoisotopic (exact) mass is 437 g/mol. The van der Waals surface area contributed by atoms with Gasteiger partial charge in [0, 0.05) is 5.41 Å². The molecular formula is C21H18Cl2FNO4. The summed E-state index contributed by atoms with van der Waals surface area (Å²) >= 11 is 11.8. The van der Waals surface area contributed by atoms with Crippen LogP contribution in [0.25, 0.3) is 0 Å². The summed E-state index contributed by atoms with van der Waals surface area (Å²) in [6, 6.07) is 11.2. The number of aliphatic carboxylic acids is 1. The summed E-state index contributed by atoms with van der Waals surface area (Å²) in [6.45, 7) is 0.0581. The molecule has 0 saturated heterocycles. The molecule has 0 aliphatic heterocycles. The molecule has 3 saturated carbocycles. The lowest BCUT2D eigenvalue weighted by Gasteiger charge is -2.72. The van der Waals surface area contributed by atoms with Gasteiger partial charge >= 0.3 is 12.1 Å². The van der Waals surface area contributed by atoms with Gasteiger partial charge in [0.2, 0.25) is 0 Å². The second kappa shape index (κ2) is 7.18. The minimum absolute atomic E-state index is 0.0522. The summed E-state index contributed by atoms with van der Waals surface area (Å²) in [5.74, 6) is -1.77. The Morgan fingerprint density at radius 2 is 1.72 bits per heavy atom. The van der Waals surface area contributed by atoms with Gasteiger partial charge in [0.05, 0.1) is 10.0 Å². The Kier molecular flexibility index (Phi) is 4.95. The van der Waals surface area contributed by atoms with Crippen LogP contribution in [0.1, 0.15) is 30.4 Å². The molecule has 1 unspecified atom stereocenters. The van der Waals surface area contributed by atoms with Crippen molar-refractivity contribution in [1.82, 2.24) is 5.32 Å². The molecule has 3 fully saturated rings. The molecule has 0 radical (unpaired) electrons. The molecule has 1 amide bonds. The first-order valence-corrected chi connectivity index (χ1v) is 9.85. The number of hydrogen-bond donors (Lipinski definition) is 2. The summed E-state index contributed by atoms with van der Waals surface area (Å²) in [5.41, 5.74) is 0.783. The van der Waals surface area contributed by atoms with E-state index in [0.717, 1.165) is 11.1 Å². The van der Waals surface area contributed by atoms with Gasteiger partial charge < -0.3 is 15.2 Å². The largest absolute Gasteiger partial charge is 0.480 e. The van der Waals surface area contributed by atoms with Crippen molar-refractivity contribution in [3.63, 3.8) is 0 Å². The number of amides is 1. The Balaban J connectivity index is 1.40. The van der Waals surface area contributed by atoms with E-state index in [0.29, 0.717) is 19.3 Å². The second-order valence-corrected chi connectivity index (χ2v) is 8.72. The molecule has 8 heteroatoms. The molecule has 5 nitrogen and oxygen atoms in total. The first-order valence-electron chi connectivity index (χ1n) is 9.10. The number of benzene rings is 2. The Bertz CT molecular complexity index is 939. The second-order valence-electron chi connectivity index (χ2n) is 7.90. The molecule has 2 aromatic carbocycles. The van der Waals surface area contributed by atoms with Crippen LogP contribution in [-0.4, -0.2) is 23.2 Å². The fourth-order valence-electron chi connectivity index (χ4n) is 4.70. The first-order chi connectivity index (χ1) is 13.7. The number of carbonyl (C=O) groups is 2. The third kappa shape index (κ3) is 3.45. The van der Waals surface area contributed by atoms with Crippen molar-refractivity contribution in [3.05, 3.63) is 69.5 Å². The fraction of sp³-hybridized carbons (Fsp3) is 0.333. The molecular weight excluding hydrogens is 420 g/mol. The number of carboxylic acid groups (broad SMARTS) is 1. The number of halogens is 3. The van der Waals surface area contributed by atoms with Crippen LogP contribution in [0, 0.1) is 11.2 Å². The summed E-state index contributed by atoms with van der Waals surface area (Å²) in [7, 11) is 0. The van der Waals surface area contributed by atoms with E-state index < -0.39 is 29.3 Å². The van der Waals surface area contributed by atoms with Crippen molar-refractivity contribution in [3.8, 4) is 0 Å². The van der Waals surface area contributed by atoms with Crippen LogP contribution in [0.5, 0.6) is 0 Å². The summed E-state index contributed by atoms with van der Waals surface area (Å²) in [4.78, 5) is 23.9. The number of ether oxygens (including phenoxy) is 1. The van der Waals surface area contributed by atoms with Crippen LogP contribution in [0.2, 0.25) is 10.0 Å². The van der Waals surface area contributed by atoms with E-state index in [-0.39, 0.29) is 22.1 Å². The number of carboxylic acids is 1. The van der Waals surface area contributed by atoms with Gasteiger partial charge in [-0.25, -0.2) is 14.0 Å². The molecule has 0 aromatic heterocycles. The maximum Gasteiger partial charge on any atom is 0.408 e. The van der Waals surface area contributed by atoms with Crippen molar-refractivity contribution >= 4 is 35.3 Å². The van der Waals surface area contributed by atoms with Crippen LogP contribution < -0.4 is 5.32 Å². The molecule has 0 spiro atoms. The van der Waals surface area contributed by atoms with Crippen molar-refractivity contribution in [2.24, 2.45) is 5.41 Å². The van der Waals surface area contributed by atoms with E-state index in [1.54, 1.807) is 12.1 Å². The average Bonchev–Trinajstić information content (AvgIpc) is 2.62. The molecule has 5 rings (SSSR count). The topological polar surface area (TPSA) is 75.6 Å². The third-order valence-corrected chi connectivity index (χ3v) is 6.55. The lowest BCUT2D eigenvalue weighted by molar-refractivity contribution is -0.183. The number of alkyl carbamates (subject to hydrolysis) is 1. The van der Waals surface area contributed by atoms with Crippen molar-refractivity contribution in [1.29, 1.82) is 0 Å². The van der Waals surface area contributed by atoms with Gasteiger partial charge in [0.15, 0.2) is 5.82 Å². The summed E-state index contributed by atoms with van der Waals surface area (Å²) in [5, 5.41) is 12.0. The molecule has 152 valence electrons. The maximum absolute atomic E-state index is 13.7. The van der Waals surface area contributed by atoms with Crippen LogP contribution in [0.15, 0.2) is 42.5 Å².